The monoisotopic (exact) mass is 615 g/mol. The average Bonchev–Trinajstić information content (AvgIpc) is 3.64. The highest BCUT2D eigenvalue weighted by atomic mass is 35.5. The fourth-order valence-electron chi connectivity index (χ4n) is 5.05. The fraction of sp³-hybridized carbons (Fsp3) is 0.567. The molecule has 43 heavy (non-hydrogen) atoms. The molecular weight excluding hydrogens is 578 g/mol. The van der Waals surface area contributed by atoms with Crippen LogP contribution in [0.1, 0.15) is 30.6 Å². The molecule has 0 saturated carbocycles. The average molecular weight is 616 g/mol. The number of aromatic nitrogens is 4. The smallest absolute Gasteiger partial charge is 0.226 e. The van der Waals surface area contributed by atoms with E-state index in [1.165, 1.54) is 5.56 Å². The number of fused-ring (bicyclic) bond motifs is 1. The predicted molar refractivity (Wildman–Crippen MR) is 160 cm³/mol. The minimum absolute atomic E-state index is 0.00628. The largest absolute Gasteiger partial charge is 0.491 e. The van der Waals surface area contributed by atoms with Crippen LogP contribution >= 0.6 is 11.6 Å². The summed E-state index contributed by atoms with van der Waals surface area (Å²) in [5.41, 5.74) is 1.88. The maximum Gasteiger partial charge on any atom is 0.226 e. The molecule has 2 unspecified atom stereocenters. The molecule has 0 radical (unpaired) electrons. The van der Waals surface area contributed by atoms with E-state index >= 15 is 0 Å². The third-order valence-corrected chi connectivity index (χ3v) is 7.47. The molecule has 0 aliphatic carbocycles. The summed E-state index contributed by atoms with van der Waals surface area (Å²) >= 11 is 6.32. The van der Waals surface area contributed by atoms with E-state index in [2.05, 4.69) is 38.0 Å². The van der Waals surface area contributed by atoms with Crippen molar-refractivity contribution in [2.75, 3.05) is 84.1 Å². The highest BCUT2D eigenvalue weighted by molar-refractivity contribution is 6.28. The van der Waals surface area contributed by atoms with Crippen molar-refractivity contribution in [3.8, 4) is 18.1 Å². The molecule has 3 aromatic rings. The van der Waals surface area contributed by atoms with E-state index in [0.29, 0.717) is 71.0 Å². The number of aliphatic hydroxyl groups is 1. The lowest BCUT2D eigenvalue weighted by molar-refractivity contribution is -0.0262. The van der Waals surface area contributed by atoms with Gasteiger partial charge in [0.25, 0.3) is 0 Å². The molecule has 2 saturated heterocycles. The minimum Gasteiger partial charge on any atom is -0.491 e. The third kappa shape index (κ3) is 8.55. The molecule has 2 aliphatic rings. The molecule has 0 spiro atoms. The number of benzene rings is 1. The van der Waals surface area contributed by atoms with Gasteiger partial charge in [0.05, 0.1) is 70.5 Å². The van der Waals surface area contributed by atoms with Crippen LogP contribution in [-0.4, -0.2) is 110 Å². The quantitative estimate of drug-likeness (QED) is 0.129. The SMILES string of the molecule is C#CCOCCOCCOCCOCCOc1ccc(C2CN(c3nc(Cl)nc4c3cnn4C3CCC(CO)O3)C2)cc1. The first-order valence-corrected chi connectivity index (χ1v) is 14.9. The summed E-state index contributed by atoms with van der Waals surface area (Å²) in [5, 5.41) is 15.0. The molecule has 5 rings (SSSR count). The van der Waals surface area contributed by atoms with E-state index in [0.717, 1.165) is 42.9 Å². The number of ether oxygens (including phenoxy) is 6. The minimum atomic E-state index is -0.272. The molecular formula is C30H38ClN5O7. The highest BCUT2D eigenvalue weighted by Gasteiger charge is 2.33. The molecule has 0 amide bonds. The maximum atomic E-state index is 9.42. The van der Waals surface area contributed by atoms with Crippen LogP contribution in [0.5, 0.6) is 5.75 Å². The van der Waals surface area contributed by atoms with Gasteiger partial charge in [-0.25, -0.2) is 4.68 Å². The molecule has 12 nitrogen and oxygen atoms in total. The Morgan fingerprint density at radius 3 is 2.26 bits per heavy atom. The number of terminal acetylenes is 1. The van der Waals surface area contributed by atoms with Crippen LogP contribution in [0.4, 0.5) is 5.82 Å². The molecule has 2 fully saturated rings. The summed E-state index contributed by atoms with van der Waals surface area (Å²) in [6, 6.07) is 8.18. The molecule has 4 heterocycles. The van der Waals surface area contributed by atoms with Gasteiger partial charge in [-0.3, -0.25) is 0 Å². The van der Waals surface area contributed by atoms with Crippen molar-refractivity contribution < 1.29 is 33.5 Å². The first-order valence-electron chi connectivity index (χ1n) is 14.6. The zero-order chi connectivity index (χ0) is 29.9. The van der Waals surface area contributed by atoms with Crippen LogP contribution in [0.15, 0.2) is 30.5 Å². The van der Waals surface area contributed by atoms with Crippen LogP contribution in [0.2, 0.25) is 5.28 Å². The second kappa shape index (κ2) is 16.2. The summed E-state index contributed by atoms with van der Waals surface area (Å²) in [7, 11) is 0. The topological polar surface area (TPSA) is 122 Å². The van der Waals surface area contributed by atoms with Gasteiger partial charge in [0.15, 0.2) is 11.9 Å². The Hall–Kier alpha value is -3.02. The lowest BCUT2D eigenvalue weighted by Crippen LogP contribution is -2.45. The lowest BCUT2D eigenvalue weighted by Gasteiger charge is -2.40. The van der Waals surface area contributed by atoms with Crippen molar-refractivity contribution in [2.24, 2.45) is 0 Å². The maximum absolute atomic E-state index is 9.42. The zero-order valence-corrected chi connectivity index (χ0v) is 24.9. The summed E-state index contributed by atoms with van der Waals surface area (Å²) in [6.07, 6.45) is 7.95. The van der Waals surface area contributed by atoms with Gasteiger partial charge in [-0.1, -0.05) is 18.1 Å². The second-order valence-corrected chi connectivity index (χ2v) is 10.6. The summed E-state index contributed by atoms with van der Waals surface area (Å²) in [4.78, 5) is 11.1. The highest BCUT2D eigenvalue weighted by Crippen LogP contribution is 2.37. The van der Waals surface area contributed by atoms with E-state index < -0.39 is 0 Å². The Kier molecular flexibility index (Phi) is 11.8. The van der Waals surface area contributed by atoms with Gasteiger partial charge < -0.3 is 38.4 Å². The van der Waals surface area contributed by atoms with Crippen molar-refractivity contribution in [1.29, 1.82) is 0 Å². The Labute approximate surface area is 256 Å². The second-order valence-electron chi connectivity index (χ2n) is 10.2. The van der Waals surface area contributed by atoms with Gasteiger partial charge in [-0.15, -0.1) is 6.42 Å². The Morgan fingerprint density at radius 2 is 1.60 bits per heavy atom. The van der Waals surface area contributed by atoms with Crippen LogP contribution in [-0.2, 0) is 23.7 Å². The molecule has 13 heteroatoms. The van der Waals surface area contributed by atoms with E-state index in [1.54, 1.807) is 10.9 Å². The Balaban J connectivity index is 0.988. The number of rotatable bonds is 18. The van der Waals surface area contributed by atoms with Crippen LogP contribution in [0.3, 0.4) is 0 Å². The normalized spacial score (nSPS) is 18.7. The number of anilines is 1. The molecule has 232 valence electrons. The fourth-order valence-corrected chi connectivity index (χ4v) is 5.21. The van der Waals surface area contributed by atoms with Crippen LogP contribution < -0.4 is 9.64 Å². The number of hydrogen-bond acceptors (Lipinski definition) is 11. The van der Waals surface area contributed by atoms with Crippen molar-refractivity contribution in [1.82, 2.24) is 19.7 Å². The predicted octanol–water partition coefficient (Wildman–Crippen LogP) is 2.83. The number of halogens is 1. The van der Waals surface area contributed by atoms with Gasteiger partial charge in [-0.05, 0) is 42.1 Å². The van der Waals surface area contributed by atoms with Gasteiger partial charge in [-0.2, -0.15) is 15.1 Å². The molecule has 2 aliphatic heterocycles. The summed E-state index contributed by atoms with van der Waals surface area (Å²) in [6.45, 7) is 5.84. The number of nitrogens with zero attached hydrogens (tertiary/aromatic N) is 5. The summed E-state index contributed by atoms with van der Waals surface area (Å²) < 4.78 is 35.0. The van der Waals surface area contributed by atoms with Gasteiger partial charge in [0, 0.05) is 19.0 Å². The van der Waals surface area contributed by atoms with Crippen LogP contribution in [0, 0.1) is 12.3 Å². The van der Waals surface area contributed by atoms with Crippen LogP contribution in [0.25, 0.3) is 11.0 Å². The molecule has 1 N–H and O–H groups in total. The molecule has 2 aromatic heterocycles. The lowest BCUT2D eigenvalue weighted by atomic mass is 9.91. The Morgan fingerprint density at radius 1 is 0.930 bits per heavy atom. The standard InChI is InChI=1S/C30H38ClN5O7/c1-2-9-38-10-11-39-12-13-40-14-15-41-16-17-42-24-5-3-22(4-6-24)23-19-35(20-23)28-26-18-32-36(29(26)34-30(31)33-28)27-8-7-25(21-37)43-27/h1,3-6,18,23,25,27,37H,7-17,19-21H2. The van der Waals surface area contributed by atoms with Crippen molar-refractivity contribution in [2.45, 2.75) is 31.1 Å². The summed E-state index contributed by atoms with van der Waals surface area (Å²) in [5.74, 6) is 4.35. The van der Waals surface area contributed by atoms with Crippen molar-refractivity contribution in [3.63, 3.8) is 0 Å². The Bertz CT molecular complexity index is 1330. The van der Waals surface area contributed by atoms with Crippen molar-refractivity contribution >= 4 is 28.5 Å². The van der Waals surface area contributed by atoms with E-state index in [9.17, 15) is 5.11 Å². The molecule has 1 aromatic carbocycles. The van der Waals surface area contributed by atoms with Crippen molar-refractivity contribution in [3.05, 3.63) is 41.3 Å². The number of aliphatic hydroxyl groups excluding tert-OH is 1. The first kappa shape index (κ1) is 31.4. The first-order chi connectivity index (χ1) is 21.2. The van der Waals surface area contributed by atoms with E-state index in [4.69, 9.17) is 46.4 Å². The molecule has 2 atom stereocenters. The van der Waals surface area contributed by atoms with E-state index in [-0.39, 0.29) is 24.2 Å². The van der Waals surface area contributed by atoms with Gasteiger partial charge >= 0.3 is 0 Å². The number of hydrogen-bond donors (Lipinski definition) is 1. The van der Waals surface area contributed by atoms with Gasteiger partial charge in [0.1, 0.15) is 24.8 Å². The third-order valence-electron chi connectivity index (χ3n) is 7.30. The van der Waals surface area contributed by atoms with E-state index in [1.807, 2.05) is 12.1 Å². The molecule has 0 bridgehead atoms. The van der Waals surface area contributed by atoms with Gasteiger partial charge in [0.2, 0.25) is 5.28 Å². The zero-order valence-electron chi connectivity index (χ0n) is 24.1.